The lowest BCUT2D eigenvalue weighted by Crippen LogP contribution is -2.18. The van der Waals surface area contributed by atoms with Gasteiger partial charge in [0.2, 0.25) is 0 Å². The first kappa shape index (κ1) is 22.9. The van der Waals surface area contributed by atoms with Crippen LogP contribution in [0.15, 0.2) is 55.0 Å². The van der Waals surface area contributed by atoms with Crippen LogP contribution >= 0.6 is 11.3 Å². The molecular formula is C27H29N7OS. The van der Waals surface area contributed by atoms with E-state index in [1.165, 1.54) is 0 Å². The number of H-pyrrole nitrogens is 1. The highest BCUT2D eigenvalue weighted by molar-refractivity contribution is 7.22. The quantitative estimate of drug-likeness (QED) is 0.263. The van der Waals surface area contributed by atoms with Crippen molar-refractivity contribution in [1.29, 1.82) is 0 Å². The van der Waals surface area contributed by atoms with Crippen LogP contribution in [-0.2, 0) is 0 Å². The fraction of sp³-hybridized carbons (Fsp3) is 0.333. The Morgan fingerprint density at radius 1 is 1.17 bits per heavy atom. The van der Waals surface area contributed by atoms with E-state index in [1.807, 2.05) is 16.9 Å². The van der Waals surface area contributed by atoms with Gasteiger partial charge in [0.1, 0.15) is 16.3 Å². The van der Waals surface area contributed by atoms with E-state index in [-0.39, 0.29) is 18.7 Å². The Labute approximate surface area is 213 Å². The summed E-state index contributed by atoms with van der Waals surface area (Å²) >= 11 is 1.64. The van der Waals surface area contributed by atoms with Gasteiger partial charge in [-0.05, 0) is 50.7 Å². The maximum atomic E-state index is 9.68. The fourth-order valence-electron chi connectivity index (χ4n) is 4.97. The number of anilines is 1. The van der Waals surface area contributed by atoms with Crippen LogP contribution in [0.5, 0.6) is 0 Å². The van der Waals surface area contributed by atoms with E-state index < -0.39 is 0 Å². The highest BCUT2D eigenvalue weighted by Crippen LogP contribution is 2.47. The molecule has 0 radical (unpaired) electrons. The van der Waals surface area contributed by atoms with Crippen LogP contribution in [0, 0.1) is 5.92 Å². The summed E-state index contributed by atoms with van der Waals surface area (Å²) in [7, 11) is 0. The standard InChI is InChI=1S/C27H29N7OS/c1-16(2)34-13-10-20(33-34)23-21(18-6-4-3-5-7-18)22-24(30-19-9-8-17(14-19)15-35)31-26(32-27(22)36-23)25-28-11-12-29-25/h3-7,10-13,16-17,19,35H,8-9,14-15H2,1-2H3,(H,28,29)(H,30,31,32)/t17-,19+/m0/s1. The molecule has 5 aromatic rings. The molecule has 0 amide bonds. The maximum Gasteiger partial charge on any atom is 0.199 e. The van der Waals surface area contributed by atoms with Crippen LogP contribution in [-0.4, -0.2) is 47.5 Å². The first-order valence-electron chi connectivity index (χ1n) is 12.4. The van der Waals surface area contributed by atoms with Gasteiger partial charge in [-0.25, -0.2) is 15.0 Å². The number of rotatable bonds is 7. The summed E-state index contributed by atoms with van der Waals surface area (Å²) < 4.78 is 1.99. The average molecular weight is 500 g/mol. The molecule has 3 N–H and O–H groups in total. The largest absolute Gasteiger partial charge is 0.396 e. The summed E-state index contributed by atoms with van der Waals surface area (Å²) in [4.78, 5) is 19.5. The minimum Gasteiger partial charge on any atom is -0.396 e. The van der Waals surface area contributed by atoms with Crippen molar-refractivity contribution in [2.45, 2.75) is 45.2 Å². The van der Waals surface area contributed by atoms with Gasteiger partial charge in [0.25, 0.3) is 0 Å². The average Bonchev–Trinajstić information content (AvgIpc) is 3.70. The summed E-state index contributed by atoms with van der Waals surface area (Å²) in [6.45, 7) is 4.49. The molecule has 0 aliphatic heterocycles. The number of thiophene rings is 1. The first-order valence-corrected chi connectivity index (χ1v) is 13.2. The van der Waals surface area contributed by atoms with Crippen molar-refractivity contribution in [3.05, 3.63) is 55.0 Å². The Morgan fingerprint density at radius 3 is 2.72 bits per heavy atom. The minimum atomic E-state index is 0.228. The Kier molecular flexibility index (Phi) is 6.02. The SMILES string of the molecule is CC(C)n1ccc(-c2sc3nc(-c4ncc[nH]4)nc(N[C@@H]4CC[C@H](CO)C4)c3c2-c2ccccc2)n1. The molecule has 1 aliphatic rings. The Balaban J connectivity index is 1.58. The summed E-state index contributed by atoms with van der Waals surface area (Å²) in [5.74, 6) is 2.34. The number of hydrogen-bond acceptors (Lipinski definition) is 7. The topological polar surface area (TPSA) is 105 Å². The van der Waals surface area contributed by atoms with Crippen LogP contribution in [0.25, 0.3) is 43.6 Å². The number of fused-ring (bicyclic) bond motifs is 1. The smallest absolute Gasteiger partial charge is 0.199 e. The maximum absolute atomic E-state index is 9.68. The Morgan fingerprint density at radius 2 is 2.03 bits per heavy atom. The van der Waals surface area contributed by atoms with Crippen LogP contribution in [0.4, 0.5) is 5.82 Å². The highest BCUT2D eigenvalue weighted by atomic mass is 32.1. The second-order valence-corrected chi connectivity index (χ2v) is 10.7. The molecule has 2 atom stereocenters. The van der Waals surface area contributed by atoms with Gasteiger partial charge in [-0.2, -0.15) is 5.10 Å². The van der Waals surface area contributed by atoms with Crippen molar-refractivity contribution in [2.75, 3.05) is 11.9 Å². The zero-order valence-electron chi connectivity index (χ0n) is 20.3. The van der Waals surface area contributed by atoms with Crippen LogP contribution in [0.3, 0.4) is 0 Å². The number of aliphatic hydroxyl groups is 1. The fourth-order valence-corrected chi connectivity index (χ4v) is 6.13. The molecule has 0 unspecified atom stereocenters. The van der Waals surface area contributed by atoms with Crippen LogP contribution in [0.2, 0.25) is 0 Å². The van der Waals surface area contributed by atoms with E-state index in [4.69, 9.17) is 15.1 Å². The summed E-state index contributed by atoms with van der Waals surface area (Å²) in [5.41, 5.74) is 3.13. The van der Waals surface area contributed by atoms with Crippen molar-refractivity contribution in [2.24, 2.45) is 5.92 Å². The summed E-state index contributed by atoms with van der Waals surface area (Å²) in [6.07, 6.45) is 8.48. The predicted octanol–water partition coefficient (Wildman–Crippen LogP) is 5.77. The molecule has 0 bridgehead atoms. The van der Waals surface area contributed by atoms with Gasteiger partial charge >= 0.3 is 0 Å². The second kappa shape index (κ2) is 9.48. The van der Waals surface area contributed by atoms with E-state index in [1.54, 1.807) is 23.7 Å². The molecule has 1 aliphatic carbocycles. The van der Waals surface area contributed by atoms with Crippen LogP contribution < -0.4 is 5.32 Å². The lowest BCUT2D eigenvalue weighted by molar-refractivity contribution is 0.229. The van der Waals surface area contributed by atoms with Gasteiger partial charge in [0.15, 0.2) is 11.6 Å². The van der Waals surface area contributed by atoms with E-state index >= 15 is 0 Å². The van der Waals surface area contributed by atoms with Crippen molar-refractivity contribution >= 4 is 27.4 Å². The number of aliphatic hydroxyl groups excluding tert-OH is 1. The molecule has 9 heteroatoms. The molecule has 184 valence electrons. The molecule has 8 nitrogen and oxygen atoms in total. The molecule has 0 spiro atoms. The zero-order valence-corrected chi connectivity index (χ0v) is 21.2. The molecule has 1 aromatic carbocycles. The third-order valence-corrected chi connectivity index (χ3v) is 7.94. The van der Waals surface area contributed by atoms with Gasteiger partial charge in [-0.3, -0.25) is 4.68 Å². The first-order chi connectivity index (χ1) is 17.6. The monoisotopic (exact) mass is 499 g/mol. The number of hydrogen-bond donors (Lipinski definition) is 3. The number of nitrogens with one attached hydrogen (secondary N) is 2. The van der Waals surface area contributed by atoms with E-state index in [9.17, 15) is 5.11 Å². The number of benzene rings is 1. The molecule has 1 fully saturated rings. The number of aromatic amines is 1. The van der Waals surface area contributed by atoms with E-state index in [2.05, 4.69) is 59.5 Å². The van der Waals surface area contributed by atoms with E-state index in [0.29, 0.717) is 17.6 Å². The lowest BCUT2D eigenvalue weighted by Gasteiger charge is -2.16. The molecule has 6 rings (SSSR count). The summed E-state index contributed by atoms with van der Waals surface area (Å²) in [6, 6.07) is 13.0. The number of nitrogens with zero attached hydrogens (tertiary/aromatic N) is 5. The molecule has 36 heavy (non-hydrogen) atoms. The molecule has 0 saturated heterocycles. The zero-order chi connectivity index (χ0) is 24.6. The van der Waals surface area contributed by atoms with Crippen molar-refractivity contribution in [3.63, 3.8) is 0 Å². The van der Waals surface area contributed by atoms with Crippen LogP contribution in [0.1, 0.15) is 39.2 Å². The predicted molar refractivity (Wildman–Crippen MR) is 144 cm³/mol. The van der Waals surface area contributed by atoms with Gasteiger partial charge in [0, 0.05) is 42.8 Å². The molecular weight excluding hydrogens is 470 g/mol. The van der Waals surface area contributed by atoms with Crippen molar-refractivity contribution < 1.29 is 5.11 Å². The van der Waals surface area contributed by atoms with Gasteiger partial charge < -0.3 is 15.4 Å². The minimum absolute atomic E-state index is 0.228. The molecule has 1 saturated carbocycles. The number of aromatic nitrogens is 6. The van der Waals surface area contributed by atoms with Gasteiger partial charge in [-0.1, -0.05) is 30.3 Å². The Bertz CT molecular complexity index is 1470. The Hall–Kier alpha value is -3.56. The third-order valence-electron chi connectivity index (χ3n) is 6.83. The normalized spacial score (nSPS) is 17.9. The third kappa shape index (κ3) is 4.18. The van der Waals surface area contributed by atoms with Gasteiger partial charge in [0.05, 0.1) is 10.3 Å². The van der Waals surface area contributed by atoms with Crippen molar-refractivity contribution in [3.8, 4) is 33.3 Å². The number of imidazole rings is 1. The van der Waals surface area contributed by atoms with Crippen molar-refractivity contribution in [1.82, 2.24) is 29.7 Å². The summed E-state index contributed by atoms with van der Waals surface area (Å²) in [5, 5.41) is 19.3. The molecule has 4 heterocycles. The van der Waals surface area contributed by atoms with Gasteiger partial charge in [-0.15, -0.1) is 11.3 Å². The lowest BCUT2D eigenvalue weighted by atomic mass is 10.0. The highest BCUT2D eigenvalue weighted by Gasteiger charge is 2.28. The second-order valence-electron chi connectivity index (χ2n) is 9.66. The molecule has 4 aromatic heterocycles. The van der Waals surface area contributed by atoms with E-state index in [0.717, 1.165) is 57.0 Å².